The number of hydrogen-bond donors (Lipinski definition) is 1. The fourth-order valence-corrected chi connectivity index (χ4v) is 2.62. The molecule has 0 bridgehead atoms. The van der Waals surface area contributed by atoms with Gasteiger partial charge in [-0.05, 0) is 31.6 Å². The molecule has 5 nitrogen and oxygen atoms in total. The molecule has 1 N–H and O–H groups in total. The van der Waals surface area contributed by atoms with Crippen LogP contribution in [0.4, 0.5) is 0 Å². The number of imide groups is 1. The van der Waals surface area contributed by atoms with Crippen LogP contribution in [0, 0.1) is 11.3 Å². The Bertz CT molecular complexity index is 376. The number of nitrogens with zero attached hydrogens (tertiary/aromatic N) is 1. The summed E-state index contributed by atoms with van der Waals surface area (Å²) in [6.07, 6.45) is 6.19. The van der Waals surface area contributed by atoms with Gasteiger partial charge in [0.05, 0.1) is 6.61 Å². The van der Waals surface area contributed by atoms with Crippen molar-refractivity contribution in [3.63, 3.8) is 0 Å². The first-order chi connectivity index (χ1) is 8.60. The third-order valence-corrected chi connectivity index (χ3v) is 4.01. The predicted molar refractivity (Wildman–Crippen MR) is 63.4 cm³/mol. The molecule has 1 aliphatic carbocycles. The van der Waals surface area contributed by atoms with Crippen LogP contribution in [0.2, 0.25) is 0 Å². The molecule has 2 rings (SSSR count). The molecule has 1 fully saturated rings. The van der Waals surface area contributed by atoms with Crippen molar-refractivity contribution >= 4 is 18.1 Å². The number of aldehydes is 1. The summed E-state index contributed by atoms with van der Waals surface area (Å²) >= 11 is 0. The van der Waals surface area contributed by atoms with E-state index >= 15 is 0 Å². The Morgan fingerprint density at radius 2 is 1.83 bits per heavy atom. The van der Waals surface area contributed by atoms with Crippen molar-refractivity contribution in [2.24, 2.45) is 11.3 Å². The maximum absolute atomic E-state index is 11.4. The van der Waals surface area contributed by atoms with Crippen molar-refractivity contribution in [2.45, 2.75) is 25.7 Å². The van der Waals surface area contributed by atoms with Gasteiger partial charge in [0.15, 0.2) is 0 Å². The third kappa shape index (κ3) is 2.36. The van der Waals surface area contributed by atoms with Crippen molar-refractivity contribution in [1.82, 2.24) is 4.90 Å². The molecular formula is C13H17NO4. The summed E-state index contributed by atoms with van der Waals surface area (Å²) in [5, 5.41) is 9.24. The van der Waals surface area contributed by atoms with Gasteiger partial charge < -0.3 is 9.90 Å². The van der Waals surface area contributed by atoms with Crippen LogP contribution < -0.4 is 0 Å². The van der Waals surface area contributed by atoms with E-state index in [2.05, 4.69) is 0 Å². The monoisotopic (exact) mass is 251 g/mol. The van der Waals surface area contributed by atoms with Crippen molar-refractivity contribution in [3.8, 4) is 0 Å². The van der Waals surface area contributed by atoms with Crippen molar-refractivity contribution in [3.05, 3.63) is 12.2 Å². The fourth-order valence-electron chi connectivity index (χ4n) is 2.62. The van der Waals surface area contributed by atoms with Gasteiger partial charge >= 0.3 is 0 Å². The first kappa shape index (κ1) is 13.0. The molecule has 0 aromatic carbocycles. The maximum atomic E-state index is 11.4. The van der Waals surface area contributed by atoms with Gasteiger partial charge in [-0.15, -0.1) is 0 Å². The number of amides is 2. The van der Waals surface area contributed by atoms with E-state index in [4.69, 9.17) is 0 Å². The number of carbonyl (C=O) groups is 3. The minimum atomic E-state index is -0.603. The third-order valence-electron chi connectivity index (χ3n) is 4.01. The Balaban J connectivity index is 1.89. The zero-order valence-corrected chi connectivity index (χ0v) is 10.2. The van der Waals surface area contributed by atoms with Crippen molar-refractivity contribution in [2.75, 3.05) is 13.2 Å². The summed E-state index contributed by atoms with van der Waals surface area (Å²) in [5.74, 6) is -0.277. The fraction of sp³-hybridized carbons (Fsp3) is 0.615. The Hall–Kier alpha value is -1.49. The van der Waals surface area contributed by atoms with E-state index in [1.54, 1.807) is 0 Å². The summed E-state index contributed by atoms with van der Waals surface area (Å²) in [7, 11) is 0. The van der Waals surface area contributed by atoms with Crippen LogP contribution in [0.3, 0.4) is 0 Å². The predicted octanol–water partition coefficient (Wildman–Crippen LogP) is 0.279. The molecule has 1 saturated carbocycles. The Morgan fingerprint density at radius 3 is 2.28 bits per heavy atom. The van der Waals surface area contributed by atoms with Gasteiger partial charge in [0, 0.05) is 24.1 Å². The molecule has 0 unspecified atom stereocenters. The molecule has 0 saturated heterocycles. The highest BCUT2D eigenvalue weighted by Crippen LogP contribution is 2.37. The second-order valence-electron chi connectivity index (χ2n) is 5.20. The van der Waals surface area contributed by atoms with Gasteiger partial charge in [-0.3, -0.25) is 14.5 Å². The molecular weight excluding hydrogens is 234 g/mol. The highest BCUT2D eigenvalue weighted by Gasteiger charge is 2.36. The second kappa shape index (κ2) is 5.02. The van der Waals surface area contributed by atoms with Crippen LogP contribution >= 0.6 is 0 Å². The molecule has 0 aromatic heterocycles. The van der Waals surface area contributed by atoms with Crippen LogP contribution in [-0.2, 0) is 14.4 Å². The summed E-state index contributed by atoms with van der Waals surface area (Å²) in [5.41, 5.74) is -0.603. The van der Waals surface area contributed by atoms with Gasteiger partial charge in [-0.25, -0.2) is 0 Å². The standard InChI is InChI=1S/C13H17NO4/c15-8-13(9-16)5-3-10(4-6-13)7-14-11(17)1-2-12(14)18/h1-2,8,10,16H,3-7,9H2. The largest absolute Gasteiger partial charge is 0.395 e. The van der Waals surface area contributed by atoms with Crippen molar-refractivity contribution < 1.29 is 19.5 Å². The van der Waals surface area contributed by atoms with Crippen LogP contribution in [0.15, 0.2) is 12.2 Å². The zero-order chi connectivity index (χ0) is 13.2. The molecule has 98 valence electrons. The highest BCUT2D eigenvalue weighted by atomic mass is 16.3. The quantitative estimate of drug-likeness (QED) is 0.575. The molecule has 0 aromatic rings. The average Bonchev–Trinajstić information content (AvgIpc) is 2.72. The second-order valence-corrected chi connectivity index (χ2v) is 5.20. The molecule has 0 atom stereocenters. The summed E-state index contributed by atoms with van der Waals surface area (Å²) in [4.78, 5) is 35.1. The minimum absolute atomic E-state index is 0.119. The van der Waals surface area contributed by atoms with E-state index in [-0.39, 0.29) is 24.3 Å². The van der Waals surface area contributed by atoms with E-state index in [1.165, 1.54) is 17.1 Å². The van der Waals surface area contributed by atoms with E-state index in [9.17, 15) is 19.5 Å². The first-order valence-corrected chi connectivity index (χ1v) is 6.21. The lowest BCUT2D eigenvalue weighted by Gasteiger charge is -2.35. The van der Waals surface area contributed by atoms with Gasteiger partial charge in [0.1, 0.15) is 6.29 Å². The van der Waals surface area contributed by atoms with Crippen LogP contribution in [0.5, 0.6) is 0 Å². The first-order valence-electron chi connectivity index (χ1n) is 6.21. The van der Waals surface area contributed by atoms with Gasteiger partial charge in [-0.2, -0.15) is 0 Å². The highest BCUT2D eigenvalue weighted by molar-refractivity contribution is 6.12. The van der Waals surface area contributed by atoms with E-state index in [0.29, 0.717) is 19.4 Å². The lowest BCUT2D eigenvalue weighted by atomic mass is 9.72. The minimum Gasteiger partial charge on any atom is -0.395 e. The van der Waals surface area contributed by atoms with E-state index < -0.39 is 5.41 Å². The Morgan fingerprint density at radius 1 is 1.28 bits per heavy atom. The zero-order valence-electron chi connectivity index (χ0n) is 10.2. The molecule has 5 heteroatoms. The maximum Gasteiger partial charge on any atom is 0.253 e. The Kier molecular flexibility index (Phi) is 3.61. The molecule has 18 heavy (non-hydrogen) atoms. The molecule has 0 radical (unpaired) electrons. The number of hydrogen-bond acceptors (Lipinski definition) is 4. The average molecular weight is 251 g/mol. The SMILES string of the molecule is O=CC1(CO)CCC(CN2C(=O)C=CC2=O)CC1. The molecule has 1 heterocycles. The summed E-state index contributed by atoms with van der Waals surface area (Å²) < 4.78 is 0. The van der Waals surface area contributed by atoms with Crippen LogP contribution in [-0.4, -0.2) is 41.3 Å². The topological polar surface area (TPSA) is 74.7 Å². The smallest absolute Gasteiger partial charge is 0.253 e. The summed E-state index contributed by atoms with van der Waals surface area (Å²) in [6, 6.07) is 0. The molecule has 0 spiro atoms. The van der Waals surface area contributed by atoms with Gasteiger partial charge in [0.2, 0.25) is 0 Å². The van der Waals surface area contributed by atoms with E-state index in [1.807, 2.05) is 0 Å². The summed E-state index contributed by atoms with van der Waals surface area (Å²) in [6.45, 7) is 0.303. The Labute approximate surface area is 105 Å². The number of aliphatic hydroxyl groups excluding tert-OH is 1. The van der Waals surface area contributed by atoms with Gasteiger partial charge in [-0.1, -0.05) is 0 Å². The van der Waals surface area contributed by atoms with Gasteiger partial charge in [0.25, 0.3) is 11.8 Å². The van der Waals surface area contributed by atoms with Crippen LogP contribution in [0.1, 0.15) is 25.7 Å². The van der Waals surface area contributed by atoms with E-state index in [0.717, 1.165) is 19.1 Å². The number of aliphatic hydroxyl groups is 1. The number of rotatable bonds is 4. The normalized spacial score (nSPS) is 32.1. The molecule has 2 aliphatic rings. The lowest BCUT2D eigenvalue weighted by molar-refractivity contribution is -0.138. The molecule has 2 amide bonds. The van der Waals surface area contributed by atoms with Crippen LogP contribution in [0.25, 0.3) is 0 Å². The molecule has 1 aliphatic heterocycles. The van der Waals surface area contributed by atoms with Crippen molar-refractivity contribution in [1.29, 1.82) is 0 Å². The lowest BCUT2D eigenvalue weighted by Crippen LogP contribution is -2.39. The number of carbonyl (C=O) groups excluding carboxylic acids is 3.